The van der Waals surface area contributed by atoms with Crippen LogP contribution in [0.2, 0.25) is 25.7 Å². The molecule has 2 aromatic heterocycles. The fourth-order valence-corrected chi connectivity index (χ4v) is 2.53. The highest BCUT2D eigenvalue weighted by Gasteiger charge is 2.13. The van der Waals surface area contributed by atoms with Crippen molar-refractivity contribution in [2.24, 2.45) is 0 Å². The molecule has 0 aliphatic heterocycles. The van der Waals surface area contributed by atoms with Crippen molar-refractivity contribution in [1.82, 2.24) is 19.6 Å². The molecule has 2 rings (SSSR count). The molecule has 0 radical (unpaired) electrons. The Bertz CT molecular complexity index is 748. The minimum absolute atomic E-state index is 0.316. The Hall–Kier alpha value is -2.26. The van der Waals surface area contributed by atoms with Crippen molar-refractivity contribution in [3.05, 3.63) is 40.6 Å². The molecule has 0 bridgehead atoms. The maximum Gasteiger partial charge on any atom is 0.360 e. The Morgan fingerprint density at radius 2 is 2.13 bits per heavy atom. The van der Waals surface area contributed by atoms with Gasteiger partial charge in [-0.3, -0.25) is 4.79 Å². The molecular formula is C14H20N4O4Si. The van der Waals surface area contributed by atoms with Crippen molar-refractivity contribution in [3.8, 4) is 5.69 Å². The molecule has 0 spiro atoms. The van der Waals surface area contributed by atoms with Crippen molar-refractivity contribution < 1.29 is 14.6 Å². The van der Waals surface area contributed by atoms with Crippen molar-refractivity contribution in [2.45, 2.75) is 32.4 Å². The fourth-order valence-electron chi connectivity index (χ4n) is 1.78. The van der Waals surface area contributed by atoms with E-state index in [2.05, 4.69) is 29.8 Å². The molecule has 0 saturated carbocycles. The van der Waals surface area contributed by atoms with Gasteiger partial charge in [-0.1, -0.05) is 19.6 Å². The fraction of sp³-hybridized carbons (Fsp3) is 0.429. The van der Waals surface area contributed by atoms with Crippen LogP contribution >= 0.6 is 0 Å². The number of aromatic carboxylic acids is 1. The van der Waals surface area contributed by atoms with Crippen LogP contribution in [0.4, 0.5) is 0 Å². The summed E-state index contributed by atoms with van der Waals surface area (Å²) in [7, 11) is -1.12. The maximum atomic E-state index is 11.4. The lowest BCUT2D eigenvalue weighted by Gasteiger charge is -2.15. The van der Waals surface area contributed by atoms with Crippen LogP contribution in [0.25, 0.3) is 5.69 Å². The minimum Gasteiger partial charge on any atom is -0.476 e. The first-order valence-corrected chi connectivity index (χ1v) is 10.9. The van der Waals surface area contributed by atoms with Gasteiger partial charge in [0.2, 0.25) is 11.1 Å². The van der Waals surface area contributed by atoms with Crippen molar-refractivity contribution >= 4 is 14.0 Å². The quantitative estimate of drug-likeness (QED) is 0.607. The highest BCUT2D eigenvalue weighted by molar-refractivity contribution is 6.76. The molecule has 1 N–H and O–H groups in total. The minimum atomic E-state index is -1.36. The third-order valence-electron chi connectivity index (χ3n) is 3.11. The van der Waals surface area contributed by atoms with E-state index in [1.807, 2.05) is 0 Å². The van der Waals surface area contributed by atoms with Gasteiger partial charge in [0.05, 0.1) is 12.4 Å². The molecular weight excluding hydrogens is 316 g/mol. The lowest BCUT2D eigenvalue weighted by Crippen LogP contribution is -2.22. The van der Waals surface area contributed by atoms with E-state index in [1.54, 1.807) is 10.9 Å². The molecule has 0 aliphatic carbocycles. The van der Waals surface area contributed by atoms with E-state index in [0.29, 0.717) is 19.0 Å². The normalized spacial score (nSPS) is 11.6. The second kappa shape index (κ2) is 6.88. The van der Waals surface area contributed by atoms with Crippen LogP contribution < -0.4 is 5.43 Å². The third-order valence-corrected chi connectivity index (χ3v) is 4.82. The van der Waals surface area contributed by atoms with Gasteiger partial charge in [0.15, 0.2) is 0 Å². The summed E-state index contributed by atoms with van der Waals surface area (Å²) in [6.45, 7) is 7.85. The smallest absolute Gasteiger partial charge is 0.360 e. The number of hydrogen-bond donors (Lipinski definition) is 1. The lowest BCUT2D eigenvalue weighted by molar-refractivity contribution is 0.0686. The highest BCUT2D eigenvalue weighted by atomic mass is 28.3. The van der Waals surface area contributed by atoms with E-state index in [-0.39, 0.29) is 0 Å². The number of carboxylic acid groups (broad SMARTS) is 1. The molecule has 0 aromatic carbocycles. The van der Waals surface area contributed by atoms with E-state index < -0.39 is 25.2 Å². The van der Waals surface area contributed by atoms with Gasteiger partial charge in [-0.25, -0.2) is 14.2 Å². The molecule has 2 aromatic rings. The average molecular weight is 336 g/mol. The van der Waals surface area contributed by atoms with Crippen LogP contribution in [0.3, 0.4) is 0 Å². The summed E-state index contributed by atoms with van der Waals surface area (Å²) in [5, 5.41) is 16.9. The second-order valence-electron chi connectivity index (χ2n) is 6.36. The Balaban J connectivity index is 2.03. The number of aromatic nitrogens is 4. The first kappa shape index (κ1) is 17.1. The van der Waals surface area contributed by atoms with Crippen LogP contribution in [0.5, 0.6) is 0 Å². The van der Waals surface area contributed by atoms with Crippen LogP contribution in [0.1, 0.15) is 10.5 Å². The van der Waals surface area contributed by atoms with Gasteiger partial charge in [-0.15, -0.1) is 0 Å². The Morgan fingerprint density at radius 3 is 2.78 bits per heavy atom. The van der Waals surface area contributed by atoms with Crippen LogP contribution in [0, 0.1) is 0 Å². The molecule has 0 unspecified atom stereocenters. The predicted molar refractivity (Wildman–Crippen MR) is 86.7 cm³/mol. The molecule has 0 atom stereocenters. The molecule has 9 heteroatoms. The predicted octanol–water partition coefficient (Wildman–Crippen LogP) is 1.44. The molecule has 23 heavy (non-hydrogen) atoms. The summed E-state index contributed by atoms with van der Waals surface area (Å²) >= 11 is 0. The average Bonchev–Trinajstić information content (AvgIpc) is 2.91. The summed E-state index contributed by atoms with van der Waals surface area (Å²) in [5.74, 6) is -1.36. The molecule has 0 saturated heterocycles. The van der Waals surface area contributed by atoms with Crippen LogP contribution in [-0.2, 0) is 11.5 Å². The first-order valence-electron chi connectivity index (χ1n) is 7.20. The number of carbonyl (C=O) groups is 1. The summed E-state index contributed by atoms with van der Waals surface area (Å²) in [6.07, 6.45) is 4.62. The first-order chi connectivity index (χ1) is 10.8. The van der Waals surface area contributed by atoms with Crippen molar-refractivity contribution in [2.75, 3.05) is 6.61 Å². The van der Waals surface area contributed by atoms with E-state index in [0.717, 1.165) is 12.1 Å². The SMILES string of the molecule is C[Si](C)(C)CCOCn1cc(-n2ccc(=O)c(C(=O)O)n2)cn1. The van der Waals surface area contributed by atoms with Gasteiger partial charge in [0.1, 0.15) is 12.4 Å². The van der Waals surface area contributed by atoms with Gasteiger partial charge >= 0.3 is 5.97 Å². The number of nitrogens with zero attached hydrogens (tertiary/aromatic N) is 4. The number of carboxylic acids is 1. The number of hydrogen-bond acceptors (Lipinski definition) is 5. The van der Waals surface area contributed by atoms with E-state index >= 15 is 0 Å². The molecule has 8 nitrogen and oxygen atoms in total. The lowest BCUT2D eigenvalue weighted by atomic mass is 10.4. The Labute approximate surface area is 134 Å². The van der Waals surface area contributed by atoms with Crippen LogP contribution in [-0.4, -0.2) is 45.3 Å². The third kappa shape index (κ3) is 4.86. The topological polar surface area (TPSA) is 99.2 Å². The van der Waals surface area contributed by atoms with E-state index in [9.17, 15) is 9.59 Å². The number of rotatable bonds is 7. The Kier molecular flexibility index (Phi) is 5.11. The Morgan fingerprint density at radius 1 is 1.39 bits per heavy atom. The van der Waals surface area contributed by atoms with E-state index in [1.165, 1.54) is 17.1 Å². The summed E-state index contributed by atoms with van der Waals surface area (Å²) in [5.41, 5.74) is -0.594. The zero-order chi connectivity index (χ0) is 17.0. The van der Waals surface area contributed by atoms with E-state index in [4.69, 9.17) is 9.84 Å². The van der Waals surface area contributed by atoms with Crippen molar-refractivity contribution in [1.29, 1.82) is 0 Å². The molecule has 0 amide bonds. The number of ether oxygens (including phenoxy) is 1. The second-order valence-corrected chi connectivity index (χ2v) is 12.0. The largest absolute Gasteiger partial charge is 0.476 e. The molecule has 124 valence electrons. The van der Waals surface area contributed by atoms with Gasteiger partial charge in [-0.05, 0) is 6.04 Å². The summed E-state index contributed by atoms with van der Waals surface area (Å²) in [4.78, 5) is 22.4. The molecule has 2 heterocycles. The molecule has 0 aliphatic rings. The summed E-state index contributed by atoms with van der Waals surface area (Å²) < 4.78 is 8.49. The zero-order valence-corrected chi connectivity index (χ0v) is 14.4. The standard InChI is InChI=1S/C14H20N4O4Si/c1-23(2,3)7-6-22-10-17-9-11(8-15-17)18-5-4-12(19)13(16-18)14(20)21/h4-5,8-9H,6-7,10H2,1-3H3,(H,20,21). The highest BCUT2D eigenvalue weighted by Crippen LogP contribution is 2.08. The van der Waals surface area contributed by atoms with Gasteiger partial charge < -0.3 is 9.84 Å². The monoisotopic (exact) mass is 336 g/mol. The van der Waals surface area contributed by atoms with Crippen LogP contribution in [0.15, 0.2) is 29.5 Å². The van der Waals surface area contributed by atoms with Gasteiger partial charge in [0, 0.05) is 26.9 Å². The van der Waals surface area contributed by atoms with Gasteiger partial charge in [-0.2, -0.15) is 10.2 Å². The summed E-state index contributed by atoms with van der Waals surface area (Å²) in [6, 6.07) is 2.24. The zero-order valence-electron chi connectivity index (χ0n) is 13.4. The van der Waals surface area contributed by atoms with Crippen molar-refractivity contribution in [3.63, 3.8) is 0 Å². The van der Waals surface area contributed by atoms with Gasteiger partial charge in [0.25, 0.3) is 0 Å². The molecule has 0 fully saturated rings. The maximum absolute atomic E-state index is 11.4.